The number of aryl methyl sites for hydroxylation is 1. The molecule has 1 aromatic carbocycles. The highest BCUT2D eigenvalue weighted by atomic mass is 32.2. The van der Waals surface area contributed by atoms with Crippen molar-refractivity contribution in [3.8, 4) is 0 Å². The van der Waals surface area contributed by atoms with E-state index in [9.17, 15) is 17.9 Å². The molecule has 1 N–H and O–H groups in total. The molecule has 0 aromatic heterocycles. The Morgan fingerprint density at radius 1 is 1.38 bits per heavy atom. The number of hydrogen-bond acceptors (Lipinski definition) is 3. The van der Waals surface area contributed by atoms with Gasteiger partial charge in [0.05, 0.1) is 11.4 Å². The van der Waals surface area contributed by atoms with Gasteiger partial charge < -0.3 is 5.11 Å². The maximum Gasteiger partial charge on any atom is 0.152 e. The van der Waals surface area contributed by atoms with Crippen LogP contribution in [0.5, 0.6) is 0 Å². The van der Waals surface area contributed by atoms with Crippen molar-refractivity contribution in [1.29, 1.82) is 0 Å². The topological polar surface area (TPSA) is 54.4 Å². The van der Waals surface area contributed by atoms with E-state index in [0.717, 1.165) is 6.26 Å². The summed E-state index contributed by atoms with van der Waals surface area (Å²) >= 11 is 0. The molecule has 3 nitrogen and oxygen atoms in total. The van der Waals surface area contributed by atoms with Gasteiger partial charge in [-0.25, -0.2) is 12.8 Å². The lowest BCUT2D eigenvalue weighted by atomic mass is 10.0. The molecule has 0 bridgehead atoms. The van der Waals surface area contributed by atoms with Crippen LogP contribution < -0.4 is 0 Å². The first-order valence-electron chi connectivity index (χ1n) is 4.86. The predicted octanol–water partition coefficient (Wildman–Crippen LogP) is 1.60. The fraction of sp³-hybridized carbons (Fsp3) is 0.455. The molecule has 0 fully saturated rings. The van der Waals surface area contributed by atoms with E-state index in [1.54, 1.807) is 6.92 Å². The summed E-state index contributed by atoms with van der Waals surface area (Å²) in [4.78, 5) is 0. The second kappa shape index (κ2) is 4.51. The molecule has 2 atom stereocenters. The zero-order chi connectivity index (χ0) is 12.5. The number of aliphatic hydroxyl groups excluding tert-OH is 1. The van der Waals surface area contributed by atoms with Crippen LogP contribution in [0.4, 0.5) is 4.39 Å². The summed E-state index contributed by atoms with van der Waals surface area (Å²) in [6, 6.07) is 3.89. The third-order valence-corrected chi connectivity index (χ3v) is 4.28. The van der Waals surface area contributed by atoms with Crippen molar-refractivity contribution in [2.45, 2.75) is 25.2 Å². The van der Waals surface area contributed by atoms with Crippen LogP contribution >= 0.6 is 0 Å². The fourth-order valence-electron chi connectivity index (χ4n) is 1.46. The van der Waals surface area contributed by atoms with Crippen LogP contribution in [0.25, 0.3) is 0 Å². The summed E-state index contributed by atoms with van der Waals surface area (Å²) in [5.41, 5.74) is 0.988. The van der Waals surface area contributed by atoms with E-state index in [0.29, 0.717) is 11.1 Å². The first-order chi connectivity index (χ1) is 7.23. The highest BCUT2D eigenvalue weighted by molar-refractivity contribution is 7.91. The van der Waals surface area contributed by atoms with E-state index >= 15 is 0 Å². The molecule has 0 aliphatic rings. The molecule has 0 heterocycles. The van der Waals surface area contributed by atoms with Crippen molar-refractivity contribution in [2.75, 3.05) is 6.26 Å². The van der Waals surface area contributed by atoms with Gasteiger partial charge in [-0.3, -0.25) is 0 Å². The molecule has 0 amide bonds. The Morgan fingerprint density at radius 3 is 2.38 bits per heavy atom. The smallest absolute Gasteiger partial charge is 0.152 e. The lowest BCUT2D eigenvalue weighted by Crippen LogP contribution is -2.24. The fourth-order valence-corrected chi connectivity index (χ4v) is 2.07. The molecule has 0 aliphatic heterocycles. The molecule has 0 aliphatic carbocycles. The van der Waals surface area contributed by atoms with E-state index in [1.165, 1.54) is 25.1 Å². The molecule has 0 radical (unpaired) electrons. The Balaban J connectivity index is 3.10. The van der Waals surface area contributed by atoms with E-state index in [1.807, 2.05) is 0 Å². The maximum absolute atomic E-state index is 12.8. The number of benzene rings is 1. The van der Waals surface area contributed by atoms with Crippen molar-refractivity contribution in [2.24, 2.45) is 0 Å². The lowest BCUT2D eigenvalue weighted by Gasteiger charge is -2.19. The quantitative estimate of drug-likeness (QED) is 0.881. The Hall–Kier alpha value is -0.940. The summed E-state index contributed by atoms with van der Waals surface area (Å²) in [7, 11) is -3.32. The van der Waals surface area contributed by atoms with E-state index in [2.05, 4.69) is 0 Å². The van der Waals surface area contributed by atoms with Crippen molar-refractivity contribution in [3.05, 3.63) is 35.1 Å². The van der Waals surface area contributed by atoms with Gasteiger partial charge in [-0.15, -0.1) is 0 Å². The van der Waals surface area contributed by atoms with Gasteiger partial charge in [0.25, 0.3) is 0 Å². The minimum atomic E-state index is -3.32. The van der Waals surface area contributed by atoms with Crippen LogP contribution in [-0.4, -0.2) is 25.0 Å². The van der Waals surface area contributed by atoms with Gasteiger partial charge in [0.2, 0.25) is 0 Å². The van der Waals surface area contributed by atoms with Gasteiger partial charge in [0.15, 0.2) is 9.84 Å². The summed E-state index contributed by atoms with van der Waals surface area (Å²) in [6.07, 6.45) is -0.0599. The van der Waals surface area contributed by atoms with Crippen LogP contribution in [0.1, 0.15) is 24.2 Å². The monoisotopic (exact) mass is 246 g/mol. The molecule has 5 heteroatoms. The summed E-state index contributed by atoms with van der Waals surface area (Å²) in [5.74, 6) is -0.402. The Kier molecular flexibility index (Phi) is 3.70. The van der Waals surface area contributed by atoms with Crippen molar-refractivity contribution >= 4 is 9.84 Å². The van der Waals surface area contributed by atoms with Gasteiger partial charge in [-0.05, 0) is 37.1 Å². The Labute approximate surface area is 94.8 Å². The maximum atomic E-state index is 12.8. The number of halogens is 1. The van der Waals surface area contributed by atoms with Gasteiger partial charge in [-0.1, -0.05) is 6.07 Å². The first-order valence-corrected chi connectivity index (χ1v) is 6.82. The molecular formula is C11H15FO3S. The van der Waals surface area contributed by atoms with Gasteiger partial charge in [0.1, 0.15) is 5.82 Å². The van der Waals surface area contributed by atoms with Gasteiger partial charge in [-0.2, -0.15) is 0 Å². The molecule has 1 aromatic rings. The predicted molar refractivity (Wildman–Crippen MR) is 60.4 cm³/mol. The average Bonchev–Trinajstić information content (AvgIpc) is 2.14. The third kappa shape index (κ3) is 2.80. The molecule has 90 valence electrons. The zero-order valence-electron chi connectivity index (χ0n) is 9.44. The van der Waals surface area contributed by atoms with Crippen LogP contribution in [0.2, 0.25) is 0 Å². The van der Waals surface area contributed by atoms with Crippen LogP contribution in [0.15, 0.2) is 18.2 Å². The SMILES string of the molecule is Cc1cc(F)ccc1C(O)C(C)S(C)(=O)=O. The number of sulfone groups is 1. The molecule has 2 unspecified atom stereocenters. The average molecular weight is 246 g/mol. The molecule has 0 spiro atoms. The Bertz CT molecular complexity index is 482. The molecule has 1 rings (SSSR count). The zero-order valence-corrected chi connectivity index (χ0v) is 10.3. The Morgan fingerprint density at radius 2 is 1.94 bits per heavy atom. The minimum Gasteiger partial charge on any atom is -0.387 e. The number of hydrogen-bond donors (Lipinski definition) is 1. The second-order valence-electron chi connectivity index (χ2n) is 3.98. The first kappa shape index (κ1) is 13.1. The van der Waals surface area contributed by atoms with E-state index in [4.69, 9.17) is 0 Å². The summed E-state index contributed by atoms with van der Waals surface area (Å²) < 4.78 is 35.4. The summed E-state index contributed by atoms with van der Waals surface area (Å²) in [6.45, 7) is 3.07. The van der Waals surface area contributed by atoms with Gasteiger partial charge >= 0.3 is 0 Å². The normalized spacial score (nSPS) is 15.8. The van der Waals surface area contributed by atoms with E-state index < -0.39 is 27.0 Å². The number of rotatable bonds is 3. The molecule has 0 saturated heterocycles. The standard InChI is InChI=1S/C11H15FO3S/c1-7-6-9(12)4-5-10(7)11(13)8(2)16(3,14)15/h4-6,8,11,13H,1-3H3. The van der Waals surface area contributed by atoms with Crippen LogP contribution in [0, 0.1) is 12.7 Å². The largest absolute Gasteiger partial charge is 0.387 e. The third-order valence-electron chi connectivity index (χ3n) is 2.67. The van der Waals surface area contributed by atoms with Gasteiger partial charge in [0, 0.05) is 6.26 Å². The van der Waals surface area contributed by atoms with Crippen LogP contribution in [-0.2, 0) is 9.84 Å². The summed E-state index contributed by atoms with van der Waals surface area (Å²) in [5, 5.41) is 8.99. The van der Waals surface area contributed by atoms with Crippen LogP contribution in [0.3, 0.4) is 0 Å². The highest BCUT2D eigenvalue weighted by Gasteiger charge is 2.26. The van der Waals surface area contributed by atoms with Crippen molar-refractivity contribution < 1.29 is 17.9 Å². The minimum absolute atomic E-state index is 0.402. The van der Waals surface area contributed by atoms with E-state index in [-0.39, 0.29) is 0 Å². The molecule has 0 saturated carbocycles. The second-order valence-corrected chi connectivity index (χ2v) is 6.38. The lowest BCUT2D eigenvalue weighted by molar-refractivity contribution is 0.175. The molecular weight excluding hydrogens is 231 g/mol. The van der Waals surface area contributed by atoms with Crippen molar-refractivity contribution in [1.82, 2.24) is 0 Å². The number of aliphatic hydroxyl groups is 1. The highest BCUT2D eigenvalue weighted by Crippen LogP contribution is 2.24. The van der Waals surface area contributed by atoms with Crippen molar-refractivity contribution in [3.63, 3.8) is 0 Å². The molecule has 16 heavy (non-hydrogen) atoms.